The van der Waals surface area contributed by atoms with Gasteiger partial charge in [0.25, 0.3) is 11.8 Å². The van der Waals surface area contributed by atoms with Crippen molar-refractivity contribution in [1.29, 1.82) is 0 Å². The molecule has 7 nitrogen and oxygen atoms in total. The molecule has 8 heteroatoms. The molecule has 0 aromatic heterocycles. The summed E-state index contributed by atoms with van der Waals surface area (Å²) >= 11 is 3.41. The van der Waals surface area contributed by atoms with Crippen LogP contribution in [0.4, 0.5) is 0 Å². The molecule has 0 bridgehead atoms. The van der Waals surface area contributed by atoms with E-state index in [4.69, 9.17) is 0 Å². The van der Waals surface area contributed by atoms with Crippen LogP contribution in [0.25, 0.3) is 0 Å². The summed E-state index contributed by atoms with van der Waals surface area (Å²) in [6.07, 6.45) is 2.29. The molecule has 0 saturated heterocycles. The minimum Gasteiger partial charge on any atom is -0.354 e. The van der Waals surface area contributed by atoms with E-state index < -0.39 is 6.04 Å². The Balaban J connectivity index is 1.64. The number of fused-ring (bicyclic) bond motifs is 1. The first-order valence-corrected chi connectivity index (χ1v) is 12.4. The fourth-order valence-electron chi connectivity index (χ4n) is 3.88. The van der Waals surface area contributed by atoms with E-state index >= 15 is 0 Å². The van der Waals surface area contributed by atoms with Crippen LogP contribution in [0.15, 0.2) is 53.0 Å². The summed E-state index contributed by atoms with van der Waals surface area (Å²) in [5.41, 5.74) is 1.70. The van der Waals surface area contributed by atoms with Crippen molar-refractivity contribution in [3.05, 3.63) is 69.7 Å². The molecule has 1 atom stereocenters. The smallest absolute Gasteiger partial charge is 0.261 e. The summed E-state index contributed by atoms with van der Waals surface area (Å²) in [5, 5.41) is 2.90. The number of rotatable bonds is 11. The van der Waals surface area contributed by atoms with Crippen LogP contribution in [0.1, 0.15) is 65.8 Å². The zero-order valence-corrected chi connectivity index (χ0v) is 21.1. The molecule has 0 spiro atoms. The SMILES string of the molecule is CCCCNC(=O)[C@@H](C)N(Cc1ccc(Br)cc1)C(=O)CCCN1C(=O)c2ccccc2C1=O. The maximum Gasteiger partial charge on any atom is 0.261 e. The van der Waals surface area contributed by atoms with Gasteiger partial charge in [0, 0.05) is 30.5 Å². The highest BCUT2D eigenvalue weighted by Crippen LogP contribution is 2.23. The minimum atomic E-state index is -0.646. The van der Waals surface area contributed by atoms with Gasteiger partial charge in [0.15, 0.2) is 0 Å². The highest BCUT2D eigenvalue weighted by atomic mass is 79.9. The lowest BCUT2D eigenvalue weighted by molar-refractivity contribution is -0.140. The van der Waals surface area contributed by atoms with Crippen LogP contribution in [0.2, 0.25) is 0 Å². The number of nitrogens with zero attached hydrogens (tertiary/aromatic N) is 2. The van der Waals surface area contributed by atoms with Gasteiger partial charge in [-0.3, -0.25) is 24.1 Å². The molecule has 2 aromatic rings. The Morgan fingerprint density at radius 2 is 1.62 bits per heavy atom. The van der Waals surface area contributed by atoms with E-state index in [1.54, 1.807) is 36.1 Å². The zero-order valence-electron chi connectivity index (χ0n) is 19.6. The number of imide groups is 1. The Morgan fingerprint density at radius 1 is 1.00 bits per heavy atom. The predicted molar refractivity (Wildman–Crippen MR) is 133 cm³/mol. The Hall–Kier alpha value is -3.00. The molecule has 0 saturated carbocycles. The summed E-state index contributed by atoms with van der Waals surface area (Å²) in [5.74, 6) is -1.05. The number of carbonyl (C=O) groups is 4. The standard InChI is InChI=1S/C26H30BrN3O4/c1-3-4-15-28-24(32)18(2)30(17-19-11-13-20(27)14-12-19)23(31)10-7-16-29-25(33)21-8-5-6-9-22(21)26(29)34/h5-6,8-9,11-14,18H,3-4,7,10,15-17H2,1-2H3,(H,28,32)/t18-/m1/s1. The molecule has 1 heterocycles. The number of benzene rings is 2. The van der Waals surface area contributed by atoms with Crippen LogP contribution in [0.5, 0.6) is 0 Å². The summed E-state index contributed by atoms with van der Waals surface area (Å²) in [4.78, 5) is 53.8. The molecule has 180 valence electrons. The van der Waals surface area contributed by atoms with Gasteiger partial charge >= 0.3 is 0 Å². The van der Waals surface area contributed by atoms with Gasteiger partial charge in [-0.1, -0.05) is 53.5 Å². The first-order chi connectivity index (χ1) is 16.3. The van der Waals surface area contributed by atoms with Gasteiger partial charge in [0.2, 0.25) is 11.8 Å². The molecule has 2 aromatic carbocycles. The van der Waals surface area contributed by atoms with Crippen LogP contribution in [0.3, 0.4) is 0 Å². The highest BCUT2D eigenvalue weighted by Gasteiger charge is 2.35. The van der Waals surface area contributed by atoms with E-state index in [2.05, 4.69) is 21.2 Å². The normalized spacial score (nSPS) is 13.6. The lowest BCUT2D eigenvalue weighted by atomic mass is 10.1. The molecule has 0 radical (unpaired) electrons. The van der Waals surface area contributed by atoms with Crippen molar-refractivity contribution in [2.24, 2.45) is 0 Å². The maximum absolute atomic E-state index is 13.2. The van der Waals surface area contributed by atoms with E-state index in [1.807, 2.05) is 31.2 Å². The monoisotopic (exact) mass is 527 g/mol. The second-order valence-electron chi connectivity index (χ2n) is 8.38. The largest absolute Gasteiger partial charge is 0.354 e. The van der Waals surface area contributed by atoms with E-state index in [0.29, 0.717) is 30.6 Å². The third-order valence-corrected chi connectivity index (χ3v) is 6.44. The molecule has 34 heavy (non-hydrogen) atoms. The summed E-state index contributed by atoms with van der Waals surface area (Å²) in [7, 11) is 0. The van der Waals surface area contributed by atoms with E-state index in [0.717, 1.165) is 22.9 Å². The number of carbonyl (C=O) groups excluding carboxylic acids is 4. The number of nitrogens with one attached hydrogen (secondary N) is 1. The van der Waals surface area contributed by atoms with Crippen LogP contribution < -0.4 is 5.32 Å². The summed E-state index contributed by atoms with van der Waals surface area (Å²) in [6.45, 7) is 4.79. The average Bonchev–Trinajstić information content (AvgIpc) is 3.08. The molecule has 1 aliphatic heterocycles. The van der Waals surface area contributed by atoms with Crippen LogP contribution >= 0.6 is 15.9 Å². The van der Waals surface area contributed by atoms with Crippen molar-refractivity contribution < 1.29 is 19.2 Å². The number of unbranched alkanes of at least 4 members (excludes halogenated alkanes) is 1. The lowest BCUT2D eigenvalue weighted by Gasteiger charge is -2.29. The Morgan fingerprint density at radius 3 is 2.21 bits per heavy atom. The molecule has 3 rings (SSSR count). The maximum atomic E-state index is 13.2. The second-order valence-corrected chi connectivity index (χ2v) is 9.30. The Bertz CT molecular complexity index is 1020. The fourth-order valence-corrected chi connectivity index (χ4v) is 4.14. The van der Waals surface area contributed by atoms with Gasteiger partial charge in [-0.25, -0.2) is 0 Å². The van der Waals surface area contributed by atoms with Gasteiger partial charge < -0.3 is 10.2 Å². The highest BCUT2D eigenvalue weighted by molar-refractivity contribution is 9.10. The lowest BCUT2D eigenvalue weighted by Crippen LogP contribution is -2.47. The van der Waals surface area contributed by atoms with Crippen molar-refractivity contribution in [3.63, 3.8) is 0 Å². The second kappa shape index (κ2) is 11.9. The number of halogens is 1. The van der Waals surface area contributed by atoms with Crippen molar-refractivity contribution >= 4 is 39.6 Å². The van der Waals surface area contributed by atoms with E-state index in [9.17, 15) is 19.2 Å². The van der Waals surface area contributed by atoms with Gasteiger partial charge in [-0.05, 0) is 49.6 Å². The number of amides is 4. The molecule has 1 N–H and O–H groups in total. The predicted octanol–water partition coefficient (Wildman–Crippen LogP) is 4.16. The molecular weight excluding hydrogens is 498 g/mol. The van der Waals surface area contributed by atoms with Gasteiger partial charge in [0.1, 0.15) is 6.04 Å². The fraction of sp³-hybridized carbons (Fsp3) is 0.385. The van der Waals surface area contributed by atoms with Gasteiger partial charge in [-0.2, -0.15) is 0 Å². The Labute approximate surface area is 208 Å². The molecule has 0 fully saturated rings. The Kier molecular flexibility index (Phi) is 8.98. The van der Waals surface area contributed by atoms with Crippen molar-refractivity contribution in [2.75, 3.05) is 13.1 Å². The van der Waals surface area contributed by atoms with Crippen molar-refractivity contribution in [1.82, 2.24) is 15.1 Å². The van der Waals surface area contributed by atoms with Crippen LogP contribution in [0, 0.1) is 0 Å². The number of hydrogen-bond acceptors (Lipinski definition) is 4. The summed E-state index contributed by atoms with van der Waals surface area (Å²) in [6, 6.07) is 13.7. The minimum absolute atomic E-state index is 0.122. The first kappa shape index (κ1) is 25.6. The van der Waals surface area contributed by atoms with Crippen LogP contribution in [-0.2, 0) is 16.1 Å². The third-order valence-electron chi connectivity index (χ3n) is 5.91. The average molecular weight is 528 g/mol. The molecule has 0 unspecified atom stereocenters. The van der Waals surface area contributed by atoms with Crippen molar-refractivity contribution in [2.45, 2.75) is 52.1 Å². The van der Waals surface area contributed by atoms with Gasteiger partial charge in [-0.15, -0.1) is 0 Å². The molecule has 4 amide bonds. The first-order valence-electron chi connectivity index (χ1n) is 11.6. The molecular formula is C26H30BrN3O4. The summed E-state index contributed by atoms with van der Waals surface area (Å²) < 4.78 is 0.931. The third kappa shape index (κ3) is 6.11. The number of hydrogen-bond donors (Lipinski definition) is 1. The van der Waals surface area contributed by atoms with E-state index in [-0.39, 0.29) is 36.6 Å². The molecule has 1 aliphatic rings. The quantitative estimate of drug-likeness (QED) is 0.351. The molecule has 0 aliphatic carbocycles. The van der Waals surface area contributed by atoms with E-state index in [1.165, 1.54) is 4.90 Å². The topological polar surface area (TPSA) is 86.8 Å². The van der Waals surface area contributed by atoms with Crippen molar-refractivity contribution in [3.8, 4) is 0 Å². The van der Waals surface area contributed by atoms with Crippen LogP contribution in [-0.4, -0.2) is 52.6 Å². The van der Waals surface area contributed by atoms with Gasteiger partial charge in [0.05, 0.1) is 11.1 Å². The zero-order chi connectivity index (χ0) is 24.7.